The average Bonchev–Trinajstić information content (AvgIpc) is 2.79. The molecule has 0 spiro atoms. The molecule has 9 nitrogen and oxygen atoms in total. The molecule has 4 aromatic carbocycles. The summed E-state index contributed by atoms with van der Waals surface area (Å²) in [6.45, 7) is 0. The summed E-state index contributed by atoms with van der Waals surface area (Å²) >= 11 is 0. The summed E-state index contributed by atoms with van der Waals surface area (Å²) < 4.78 is 0. The number of nitrogens with one attached hydrogen (secondary N) is 3. The summed E-state index contributed by atoms with van der Waals surface area (Å²) in [7, 11) is 0. The molecule has 0 bridgehead atoms. The normalized spacial score (nSPS) is 10.5. The molecular weight excluding hydrogens is 410 g/mol. The summed E-state index contributed by atoms with van der Waals surface area (Å²) in [4.78, 5) is 23.4. The number of nitro benzene ring substituents is 1. The maximum atomic E-state index is 12.9. The first-order valence-corrected chi connectivity index (χ1v) is 9.60. The number of anilines is 4. The summed E-state index contributed by atoms with van der Waals surface area (Å²) in [5, 5.41) is 25.9. The molecular formula is C23H19N5O4. The molecule has 0 aliphatic carbocycles. The summed E-state index contributed by atoms with van der Waals surface area (Å²) in [5.41, 5.74) is 13.4. The molecule has 160 valence electrons. The molecule has 0 aromatic heterocycles. The van der Waals surface area contributed by atoms with E-state index in [4.69, 9.17) is 5.73 Å². The number of phenols is 1. The van der Waals surface area contributed by atoms with E-state index in [1.807, 2.05) is 24.3 Å². The van der Waals surface area contributed by atoms with Crippen LogP contribution in [0.3, 0.4) is 0 Å². The number of hydrogen-bond donors (Lipinski definition) is 5. The minimum Gasteiger partial charge on any atom is -0.505 e. The van der Waals surface area contributed by atoms with E-state index in [2.05, 4.69) is 16.2 Å². The van der Waals surface area contributed by atoms with Gasteiger partial charge < -0.3 is 21.6 Å². The highest BCUT2D eigenvalue weighted by Crippen LogP contribution is 2.36. The number of hydrogen-bond acceptors (Lipinski definition) is 7. The smallest absolute Gasteiger partial charge is 0.271 e. The average molecular weight is 429 g/mol. The van der Waals surface area contributed by atoms with Crippen LogP contribution in [0.4, 0.5) is 28.4 Å². The second-order valence-corrected chi connectivity index (χ2v) is 7.00. The third-order valence-electron chi connectivity index (χ3n) is 4.82. The van der Waals surface area contributed by atoms with Crippen molar-refractivity contribution in [1.82, 2.24) is 0 Å². The van der Waals surface area contributed by atoms with Crippen molar-refractivity contribution in [2.75, 3.05) is 21.9 Å². The van der Waals surface area contributed by atoms with E-state index < -0.39 is 10.8 Å². The zero-order valence-corrected chi connectivity index (χ0v) is 16.7. The minimum absolute atomic E-state index is 0.0109. The third kappa shape index (κ3) is 4.21. The zero-order valence-electron chi connectivity index (χ0n) is 16.7. The zero-order chi connectivity index (χ0) is 22.7. The Kier molecular flexibility index (Phi) is 5.45. The molecule has 0 heterocycles. The Hall–Kier alpha value is -4.79. The molecule has 0 radical (unpaired) electrons. The largest absolute Gasteiger partial charge is 0.505 e. The number of phenolic OH excluding ortho intramolecular Hbond substituents is 1. The number of nitro groups is 1. The molecule has 0 atom stereocenters. The monoisotopic (exact) mass is 429 g/mol. The number of rotatable bonds is 6. The molecule has 0 saturated heterocycles. The Morgan fingerprint density at radius 1 is 0.906 bits per heavy atom. The number of fused-ring (bicyclic) bond motifs is 1. The first-order valence-electron chi connectivity index (χ1n) is 9.60. The van der Waals surface area contributed by atoms with E-state index in [0.29, 0.717) is 22.4 Å². The topological polar surface area (TPSA) is 143 Å². The van der Waals surface area contributed by atoms with Gasteiger partial charge >= 0.3 is 0 Å². The number of nitrogens with two attached hydrogens (primary N) is 1. The SMILES string of the molecule is Nc1ccc(NNc2c(O)c(C(=O)Nc3cccc([N+](=O)[O-])c3)cc3ccccc23)cc1. The third-order valence-corrected chi connectivity index (χ3v) is 4.82. The van der Waals surface area contributed by atoms with Gasteiger partial charge in [-0.2, -0.15) is 0 Å². The van der Waals surface area contributed by atoms with E-state index in [0.717, 1.165) is 5.39 Å². The molecule has 32 heavy (non-hydrogen) atoms. The predicted octanol–water partition coefficient (Wildman–Crippen LogP) is 4.73. The van der Waals surface area contributed by atoms with Gasteiger partial charge in [0.2, 0.25) is 0 Å². The number of amides is 1. The van der Waals surface area contributed by atoms with Crippen LogP contribution in [0.25, 0.3) is 10.8 Å². The summed E-state index contributed by atoms with van der Waals surface area (Å²) in [5.74, 6) is -0.876. The van der Waals surface area contributed by atoms with Gasteiger partial charge in [-0.3, -0.25) is 20.3 Å². The fraction of sp³-hybridized carbons (Fsp3) is 0. The van der Waals surface area contributed by atoms with Gasteiger partial charge in [-0.25, -0.2) is 0 Å². The number of benzene rings is 4. The number of non-ortho nitro benzene ring substituents is 1. The first-order chi connectivity index (χ1) is 15.4. The Labute approximate surface area is 182 Å². The summed E-state index contributed by atoms with van der Waals surface area (Å²) in [6, 6.07) is 21.4. The Balaban J connectivity index is 1.68. The van der Waals surface area contributed by atoms with Gasteiger partial charge in [0.1, 0.15) is 5.69 Å². The fourth-order valence-corrected chi connectivity index (χ4v) is 3.23. The molecule has 0 saturated carbocycles. The minimum atomic E-state index is -0.607. The lowest BCUT2D eigenvalue weighted by molar-refractivity contribution is -0.384. The fourth-order valence-electron chi connectivity index (χ4n) is 3.23. The van der Waals surface area contributed by atoms with Crippen molar-refractivity contribution < 1.29 is 14.8 Å². The van der Waals surface area contributed by atoms with Crippen molar-refractivity contribution in [1.29, 1.82) is 0 Å². The van der Waals surface area contributed by atoms with Gasteiger partial charge in [0.15, 0.2) is 5.75 Å². The maximum Gasteiger partial charge on any atom is 0.271 e. The van der Waals surface area contributed by atoms with Crippen LogP contribution in [0, 0.1) is 10.1 Å². The lowest BCUT2D eigenvalue weighted by atomic mass is 10.0. The number of nitrogen functional groups attached to an aromatic ring is 1. The van der Waals surface area contributed by atoms with Gasteiger partial charge in [-0.05, 0) is 41.8 Å². The van der Waals surface area contributed by atoms with Crippen molar-refractivity contribution >= 4 is 45.1 Å². The van der Waals surface area contributed by atoms with Crippen molar-refractivity contribution in [2.45, 2.75) is 0 Å². The highest BCUT2D eigenvalue weighted by molar-refractivity contribution is 6.12. The molecule has 1 amide bonds. The van der Waals surface area contributed by atoms with Gasteiger partial charge in [-0.1, -0.05) is 30.3 Å². The van der Waals surface area contributed by atoms with Crippen LogP contribution >= 0.6 is 0 Å². The van der Waals surface area contributed by atoms with Crippen molar-refractivity contribution in [3.8, 4) is 5.75 Å². The van der Waals surface area contributed by atoms with Crippen molar-refractivity contribution in [2.24, 2.45) is 0 Å². The van der Waals surface area contributed by atoms with E-state index in [1.165, 1.54) is 24.3 Å². The molecule has 0 aliphatic heterocycles. The summed E-state index contributed by atoms with van der Waals surface area (Å²) in [6.07, 6.45) is 0. The van der Waals surface area contributed by atoms with Gasteiger partial charge in [-0.15, -0.1) is 0 Å². The number of carbonyl (C=O) groups is 1. The van der Waals surface area contributed by atoms with Crippen LogP contribution in [0.5, 0.6) is 5.75 Å². The molecule has 9 heteroatoms. The Morgan fingerprint density at radius 2 is 1.66 bits per heavy atom. The van der Waals surface area contributed by atoms with Crippen LogP contribution in [0.2, 0.25) is 0 Å². The predicted molar refractivity (Wildman–Crippen MR) is 125 cm³/mol. The van der Waals surface area contributed by atoms with E-state index >= 15 is 0 Å². The molecule has 6 N–H and O–H groups in total. The van der Waals surface area contributed by atoms with E-state index in [9.17, 15) is 20.0 Å². The molecule has 4 rings (SSSR count). The highest BCUT2D eigenvalue weighted by Gasteiger charge is 2.19. The second kappa shape index (κ2) is 8.52. The van der Waals surface area contributed by atoms with Crippen LogP contribution in [0.15, 0.2) is 78.9 Å². The van der Waals surface area contributed by atoms with Crippen LogP contribution in [0.1, 0.15) is 10.4 Å². The van der Waals surface area contributed by atoms with Gasteiger partial charge in [0.05, 0.1) is 16.2 Å². The van der Waals surface area contributed by atoms with E-state index in [1.54, 1.807) is 30.3 Å². The number of hydrazine groups is 1. The lowest BCUT2D eigenvalue weighted by Crippen LogP contribution is -2.15. The number of aromatic hydroxyl groups is 1. The van der Waals surface area contributed by atoms with Crippen LogP contribution < -0.4 is 21.9 Å². The second-order valence-electron chi connectivity index (χ2n) is 7.00. The van der Waals surface area contributed by atoms with Crippen LogP contribution in [-0.2, 0) is 0 Å². The molecule has 0 fully saturated rings. The lowest BCUT2D eigenvalue weighted by Gasteiger charge is -2.17. The maximum absolute atomic E-state index is 12.9. The van der Waals surface area contributed by atoms with Crippen molar-refractivity contribution in [3.05, 3.63) is 94.5 Å². The standard InChI is InChI=1S/C23H19N5O4/c24-15-8-10-16(11-9-15)26-27-21-19-7-2-1-4-14(19)12-20(22(21)29)23(30)25-17-5-3-6-18(13-17)28(31)32/h1-13,26-27,29H,24H2,(H,25,30). The quantitative estimate of drug-likeness (QED) is 0.129. The highest BCUT2D eigenvalue weighted by atomic mass is 16.6. The van der Waals surface area contributed by atoms with Crippen LogP contribution in [-0.4, -0.2) is 15.9 Å². The Morgan fingerprint density at radius 3 is 2.41 bits per heavy atom. The van der Waals surface area contributed by atoms with Gasteiger partial charge in [0.25, 0.3) is 11.6 Å². The number of nitrogens with zero attached hydrogens (tertiary/aromatic N) is 1. The van der Waals surface area contributed by atoms with E-state index in [-0.39, 0.29) is 22.7 Å². The van der Waals surface area contributed by atoms with Crippen molar-refractivity contribution in [3.63, 3.8) is 0 Å². The molecule has 4 aromatic rings. The van der Waals surface area contributed by atoms with Gasteiger partial charge in [0, 0.05) is 28.9 Å². The molecule has 0 aliphatic rings. The molecule has 0 unspecified atom stereocenters. The Bertz CT molecular complexity index is 1320. The number of carbonyl (C=O) groups excluding carboxylic acids is 1. The first kappa shape index (κ1) is 20.5.